The van der Waals surface area contributed by atoms with E-state index in [-0.39, 0.29) is 6.29 Å². The van der Waals surface area contributed by atoms with Crippen LogP contribution in [0.4, 0.5) is 5.13 Å². The van der Waals surface area contributed by atoms with Crippen LogP contribution in [0.3, 0.4) is 0 Å². The molecule has 9 heteroatoms. The van der Waals surface area contributed by atoms with E-state index in [1.807, 2.05) is 35.0 Å². The summed E-state index contributed by atoms with van der Waals surface area (Å²) >= 11 is 1.46. The molecule has 1 aliphatic carbocycles. The summed E-state index contributed by atoms with van der Waals surface area (Å²) in [5.41, 5.74) is 0. The lowest BCUT2D eigenvalue weighted by atomic mass is 10.3. The molecule has 28 heavy (non-hydrogen) atoms. The number of aromatic nitrogens is 4. The summed E-state index contributed by atoms with van der Waals surface area (Å²) in [6.07, 6.45) is 8.56. The van der Waals surface area contributed by atoms with Crippen molar-refractivity contribution >= 4 is 16.7 Å². The highest BCUT2D eigenvalue weighted by molar-refractivity contribution is 7.09. The summed E-state index contributed by atoms with van der Waals surface area (Å²) in [6, 6.07) is 8.37. The normalized spacial score (nSPS) is 15.9. The molecule has 0 bridgehead atoms. The van der Waals surface area contributed by atoms with E-state index >= 15 is 0 Å². The van der Waals surface area contributed by atoms with E-state index in [0.29, 0.717) is 18.5 Å². The van der Waals surface area contributed by atoms with Crippen LogP contribution in [0.5, 0.6) is 11.5 Å². The van der Waals surface area contributed by atoms with E-state index < -0.39 is 0 Å². The molecule has 0 amide bonds. The quantitative estimate of drug-likeness (QED) is 0.555. The number of hydrogen-bond donors (Lipinski definition) is 1. The minimum Gasteiger partial charge on any atom is -0.450 e. The molecule has 0 atom stereocenters. The fraction of sp³-hybridized carbons (Fsp3) is 0.421. The zero-order valence-electron chi connectivity index (χ0n) is 15.4. The number of benzene rings is 1. The molecule has 8 nitrogen and oxygen atoms in total. The molecule has 1 saturated carbocycles. The first kappa shape index (κ1) is 17.4. The maximum absolute atomic E-state index is 5.77. The molecule has 1 fully saturated rings. The van der Waals surface area contributed by atoms with Crippen molar-refractivity contribution in [1.82, 2.24) is 24.2 Å². The molecule has 1 N–H and O–H groups in total. The average Bonchev–Trinajstić information content (AvgIpc) is 3.13. The van der Waals surface area contributed by atoms with Crippen LogP contribution in [-0.4, -0.2) is 50.9 Å². The van der Waals surface area contributed by atoms with Crippen molar-refractivity contribution in [2.24, 2.45) is 0 Å². The summed E-state index contributed by atoms with van der Waals surface area (Å²) in [7, 11) is 0. The molecule has 3 heterocycles. The van der Waals surface area contributed by atoms with E-state index in [2.05, 4.69) is 19.6 Å². The van der Waals surface area contributed by atoms with Gasteiger partial charge in [-0.05, 0) is 37.9 Å². The highest BCUT2D eigenvalue weighted by Crippen LogP contribution is 2.34. The zero-order valence-corrected chi connectivity index (χ0v) is 16.2. The Balaban J connectivity index is 1.09. The lowest BCUT2D eigenvalue weighted by Crippen LogP contribution is -2.35. The first-order valence-corrected chi connectivity index (χ1v) is 10.4. The molecule has 5 rings (SSSR count). The van der Waals surface area contributed by atoms with Crippen molar-refractivity contribution in [1.29, 1.82) is 0 Å². The number of rotatable bonds is 9. The first-order valence-electron chi connectivity index (χ1n) is 9.58. The Labute approximate surface area is 167 Å². The van der Waals surface area contributed by atoms with Crippen molar-refractivity contribution in [2.75, 3.05) is 24.5 Å². The third kappa shape index (κ3) is 3.81. The van der Waals surface area contributed by atoms with Crippen LogP contribution in [0.25, 0.3) is 5.95 Å². The second kappa shape index (κ2) is 7.76. The predicted octanol–water partition coefficient (Wildman–Crippen LogP) is 2.47. The van der Waals surface area contributed by atoms with E-state index in [1.54, 1.807) is 12.5 Å². The molecule has 1 aliphatic heterocycles. The van der Waals surface area contributed by atoms with Gasteiger partial charge in [-0.15, -0.1) is 0 Å². The van der Waals surface area contributed by atoms with Crippen molar-refractivity contribution in [3.8, 4) is 17.4 Å². The van der Waals surface area contributed by atoms with Gasteiger partial charge in [-0.3, -0.25) is 4.57 Å². The van der Waals surface area contributed by atoms with Crippen molar-refractivity contribution in [3.05, 3.63) is 43.0 Å². The Bertz CT molecular complexity index is 886. The third-order valence-electron chi connectivity index (χ3n) is 4.80. The molecule has 3 aromatic rings. The van der Waals surface area contributed by atoms with Crippen LogP contribution in [0, 0.1) is 0 Å². The summed E-state index contributed by atoms with van der Waals surface area (Å²) in [6.45, 7) is 2.53. The SMILES string of the molecule is c1ccc2c(c1)OC(CNCCCN(c1nc(-n3ccnc3)ns1)C1CC1)O2. The number of ether oxygens (including phenoxy) is 2. The van der Waals surface area contributed by atoms with Crippen LogP contribution in [0.1, 0.15) is 19.3 Å². The molecule has 2 aliphatic rings. The molecule has 0 radical (unpaired) electrons. The molecule has 0 spiro atoms. The molecule has 1 aromatic carbocycles. The first-order chi connectivity index (χ1) is 13.9. The lowest BCUT2D eigenvalue weighted by Gasteiger charge is -2.21. The minimum absolute atomic E-state index is 0.252. The maximum Gasteiger partial charge on any atom is 0.253 e. The number of anilines is 1. The minimum atomic E-state index is -0.252. The monoisotopic (exact) mass is 398 g/mol. The smallest absolute Gasteiger partial charge is 0.253 e. The number of para-hydroxylation sites is 2. The Hall–Kier alpha value is -2.65. The molecule has 2 aromatic heterocycles. The van der Waals surface area contributed by atoms with E-state index in [1.165, 1.54) is 24.4 Å². The standard InChI is InChI=1S/C19H22N6O2S/c1-2-5-16-15(4-1)26-17(27-16)12-20-8-3-10-25(14-6-7-14)19-22-18(23-28-19)24-11-9-21-13-24/h1-2,4-5,9,11,13-14,17,20H,3,6-8,10,12H2. The molecular weight excluding hydrogens is 376 g/mol. The molecule has 0 saturated heterocycles. The van der Waals surface area contributed by atoms with Crippen LogP contribution in [0.15, 0.2) is 43.0 Å². The predicted molar refractivity (Wildman–Crippen MR) is 106 cm³/mol. The Kier molecular flexibility index (Phi) is 4.84. The molecular formula is C19H22N6O2S. The van der Waals surface area contributed by atoms with Crippen LogP contribution >= 0.6 is 11.5 Å². The van der Waals surface area contributed by atoms with Crippen molar-refractivity contribution < 1.29 is 9.47 Å². The lowest BCUT2D eigenvalue weighted by molar-refractivity contribution is 0.0500. The van der Waals surface area contributed by atoms with Gasteiger partial charge in [0.05, 0.1) is 6.54 Å². The van der Waals surface area contributed by atoms with Gasteiger partial charge in [0.1, 0.15) is 6.33 Å². The Morgan fingerprint density at radius 3 is 2.75 bits per heavy atom. The Morgan fingerprint density at radius 2 is 2.04 bits per heavy atom. The zero-order chi connectivity index (χ0) is 18.8. The van der Waals surface area contributed by atoms with Gasteiger partial charge in [-0.1, -0.05) is 12.1 Å². The van der Waals surface area contributed by atoms with E-state index in [4.69, 9.17) is 14.5 Å². The average molecular weight is 398 g/mol. The number of hydrogen-bond acceptors (Lipinski definition) is 8. The maximum atomic E-state index is 5.77. The number of nitrogens with one attached hydrogen (secondary N) is 1. The van der Waals surface area contributed by atoms with Gasteiger partial charge in [-0.2, -0.15) is 9.36 Å². The summed E-state index contributed by atoms with van der Waals surface area (Å²) in [4.78, 5) is 11.1. The highest BCUT2D eigenvalue weighted by Gasteiger charge is 2.31. The van der Waals surface area contributed by atoms with Gasteiger partial charge in [0, 0.05) is 36.5 Å². The largest absolute Gasteiger partial charge is 0.450 e. The second-order valence-electron chi connectivity index (χ2n) is 6.94. The van der Waals surface area contributed by atoms with Crippen molar-refractivity contribution in [2.45, 2.75) is 31.6 Å². The van der Waals surface area contributed by atoms with Crippen LogP contribution in [0.2, 0.25) is 0 Å². The van der Waals surface area contributed by atoms with Gasteiger partial charge in [0.15, 0.2) is 11.5 Å². The fourth-order valence-corrected chi connectivity index (χ4v) is 4.02. The molecule has 0 unspecified atom stereocenters. The number of imidazole rings is 1. The summed E-state index contributed by atoms with van der Waals surface area (Å²) in [5.74, 6) is 2.33. The van der Waals surface area contributed by atoms with Gasteiger partial charge < -0.3 is 19.7 Å². The molecule has 146 valence electrons. The van der Waals surface area contributed by atoms with Crippen LogP contribution < -0.4 is 19.7 Å². The van der Waals surface area contributed by atoms with Crippen molar-refractivity contribution in [3.63, 3.8) is 0 Å². The topological polar surface area (TPSA) is 77.3 Å². The highest BCUT2D eigenvalue weighted by atomic mass is 32.1. The van der Waals surface area contributed by atoms with Crippen LogP contribution in [-0.2, 0) is 0 Å². The Morgan fingerprint density at radius 1 is 1.21 bits per heavy atom. The second-order valence-corrected chi connectivity index (χ2v) is 7.67. The number of fused-ring (bicyclic) bond motifs is 1. The summed E-state index contributed by atoms with van der Waals surface area (Å²) in [5, 5.41) is 4.42. The van der Waals surface area contributed by atoms with Gasteiger partial charge in [-0.25, -0.2) is 4.98 Å². The summed E-state index contributed by atoms with van der Waals surface area (Å²) < 4.78 is 17.9. The van der Waals surface area contributed by atoms with Gasteiger partial charge in [0.2, 0.25) is 11.1 Å². The van der Waals surface area contributed by atoms with Gasteiger partial charge in [0.25, 0.3) is 6.29 Å². The fourth-order valence-electron chi connectivity index (χ4n) is 3.26. The number of nitrogens with zero attached hydrogens (tertiary/aromatic N) is 5. The third-order valence-corrected chi connectivity index (χ3v) is 5.55. The van der Waals surface area contributed by atoms with E-state index in [0.717, 1.165) is 36.1 Å². The van der Waals surface area contributed by atoms with E-state index in [9.17, 15) is 0 Å². The van der Waals surface area contributed by atoms with Gasteiger partial charge >= 0.3 is 0 Å².